The van der Waals surface area contributed by atoms with Gasteiger partial charge in [0.15, 0.2) is 0 Å². The number of rotatable bonds is 6. The molecule has 2 aromatic carbocycles. The molecule has 6 heteroatoms. The molecular formula is C19H22N2O3S. The van der Waals surface area contributed by atoms with E-state index in [1.165, 1.54) is 17.5 Å². The molecule has 132 valence electrons. The average molecular weight is 358 g/mol. The van der Waals surface area contributed by atoms with E-state index < -0.39 is 0 Å². The molecule has 1 aliphatic heterocycles. The third-order valence-electron chi connectivity index (χ3n) is 3.99. The number of ether oxygens (including phenoxy) is 2. The molecule has 0 spiro atoms. The molecule has 1 heterocycles. The summed E-state index contributed by atoms with van der Waals surface area (Å²) in [6.07, 6.45) is 0. The van der Waals surface area contributed by atoms with Crippen molar-refractivity contribution in [3.8, 4) is 11.5 Å². The molecule has 0 fully saturated rings. The van der Waals surface area contributed by atoms with Gasteiger partial charge in [0.2, 0.25) is 5.91 Å². The van der Waals surface area contributed by atoms with Gasteiger partial charge in [-0.15, -0.1) is 0 Å². The lowest BCUT2D eigenvalue weighted by atomic mass is 10.2. The second-order valence-corrected chi connectivity index (χ2v) is 6.93. The Morgan fingerprint density at radius 1 is 1.20 bits per heavy atom. The van der Waals surface area contributed by atoms with Crippen LogP contribution in [0.3, 0.4) is 0 Å². The van der Waals surface area contributed by atoms with Crippen LogP contribution in [-0.2, 0) is 4.79 Å². The molecule has 1 amide bonds. The van der Waals surface area contributed by atoms with E-state index in [-0.39, 0.29) is 11.3 Å². The largest absolute Gasteiger partial charge is 0.497 e. The molecule has 1 unspecified atom stereocenters. The van der Waals surface area contributed by atoms with Gasteiger partial charge in [-0.1, -0.05) is 11.8 Å². The number of nitrogens with one attached hydrogen (secondary N) is 1. The fourth-order valence-electron chi connectivity index (χ4n) is 2.82. The maximum Gasteiger partial charge on any atom is 0.221 e. The highest BCUT2D eigenvalue weighted by Crippen LogP contribution is 2.44. The van der Waals surface area contributed by atoms with Crippen molar-refractivity contribution < 1.29 is 14.3 Å². The Bertz CT molecular complexity index is 749. The summed E-state index contributed by atoms with van der Waals surface area (Å²) in [5, 5.41) is 2.97. The molecule has 1 atom stereocenters. The first kappa shape index (κ1) is 17.5. The third kappa shape index (κ3) is 4.02. The first-order chi connectivity index (χ1) is 12.1. The third-order valence-corrected chi connectivity index (χ3v) is 5.26. The van der Waals surface area contributed by atoms with Gasteiger partial charge in [0.1, 0.15) is 23.5 Å². The van der Waals surface area contributed by atoms with Crippen LogP contribution in [0, 0.1) is 0 Å². The smallest absolute Gasteiger partial charge is 0.221 e. The van der Waals surface area contributed by atoms with Crippen LogP contribution in [0.1, 0.15) is 13.8 Å². The van der Waals surface area contributed by atoms with Crippen molar-refractivity contribution in [1.29, 1.82) is 0 Å². The fourth-order valence-corrected chi connectivity index (χ4v) is 4.08. The molecule has 0 saturated heterocycles. The van der Waals surface area contributed by atoms with Crippen molar-refractivity contribution in [3.63, 3.8) is 0 Å². The van der Waals surface area contributed by atoms with Gasteiger partial charge in [0.25, 0.3) is 0 Å². The van der Waals surface area contributed by atoms with Crippen LogP contribution in [0.15, 0.2) is 47.4 Å². The first-order valence-electron chi connectivity index (χ1n) is 8.22. The Labute approximate surface area is 152 Å². The second-order valence-electron chi connectivity index (χ2n) is 5.71. The zero-order valence-electron chi connectivity index (χ0n) is 14.6. The van der Waals surface area contributed by atoms with Crippen molar-refractivity contribution in [2.45, 2.75) is 24.1 Å². The van der Waals surface area contributed by atoms with Crippen molar-refractivity contribution >= 4 is 29.0 Å². The summed E-state index contributed by atoms with van der Waals surface area (Å²) in [4.78, 5) is 14.6. The lowest BCUT2D eigenvalue weighted by Gasteiger charge is -2.25. The molecule has 1 N–H and O–H groups in total. The summed E-state index contributed by atoms with van der Waals surface area (Å²) in [6.45, 7) is 5.12. The Morgan fingerprint density at radius 3 is 2.56 bits per heavy atom. The minimum atomic E-state index is -0.0807. The van der Waals surface area contributed by atoms with Crippen molar-refractivity contribution in [3.05, 3.63) is 42.5 Å². The number of thioether (sulfide) groups is 1. The molecule has 0 aliphatic carbocycles. The van der Waals surface area contributed by atoms with E-state index in [1.807, 2.05) is 42.1 Å². The molecular weight excluding hydrogens is 336 g/mol. The molecule has 2 aromatic rings. The van der Waals surface area contributed by atoms with Gasteiger partial charge in [-0.3, -0.25) is 4.79 Å². The number of likely N-dealkylation sites (N-methyl/N-ethyl adjacent to an activating group) is 1. The number of carbonyl (C=O) groups excluding carboxylic acids is 1. The lowest BCUT2D eigenvalue weighted by molar-refractivity contribution is -0.114. The topological polar surface area (TPSA) is 50.8 Å². The summed E-state index contributed by atoms with van der Waals surface area (Å²) in [6, 6.07) is 13.6. The molecule has 0 bridgehead atoms. The molecule has 0 saturated carbocycles. The maximum atomic E-state index is 11.1. The van der Waals surface area contributed by atoms with Crippen molar-refractivity contribution in [1.82, 2.24) is 0 Å². The van der Waals surface area contributed by atoms with Crippen LogP contribution in [-0.4, -0.2) is 31.5 Å². The summed E-state index contributed by atoms with van der Waals surface area (Å²) in [5.74, 6) is 1.58. The number of carbonyl (C=O) groups is 1. The predicted octanol–water partition coefficient (Wildman–Crippen LogP) is 3.99. The Kier molecular flexibility index (Phi) is 5.38. The summed E-state index contributed by atoms with van der Waals surface area (Å²) >= 11 is 1.81. The normalized spacial score (nSPS) is 15.6. The summed E-state index contributed by atoms with van der Waals surface area (Å²) in [7, 11) is 1.69. The van der Waals surface area contributed by atoms with Gasteiger partial charge in [-0.05, 0) is 43.3 Å². The van der Waals surface area contributed by atoms with Gasteiger partial charge in [-0.2, -0.15) is 0 Å². The van der Waals surface area contributed by atoms with E-state index in [1.54, 1.807) is 7.11 Å². The quantitative estimate of drug-likeness (QED) is 0.846. The first-order valence-corrected chi connectivity index (χ1v) is 9.10. The fraction of sp³-hybridized carbons (Fsp3) is 0.316. The maximum absolute atomic E-state index is 11.1. The zero-order valence-corrected chi connectivity index (χ0v) is 15.4. The van der Waals surface area contributed by atoms with Crippen LogP contribution >= 0.6 is 11.8 Å². The van der Waals surface area contributed by atoms with E-state index in [4.69, 9.17) is 9.47 Å². The van der Waals surface area contributed by atoms with Gasteiger partial charge in [-0.25, -0.2) is 0 Å². The average Bonchev–Trinajstić information content (AvgIpc) is 2.97. The highest BCUT2D eigenvalue weighted by molar-refractivity contribution is 8.00. The van der Waals surface area contributed by atoms with Gasteiger partial charge < -0.3 is 19.7 Å². The Hall–Kier alpha value is -2.34. The SMILES string of the molecule is CCN1c2cc(OC)ccc2SC1COc1ccc(NC(C)=O)cc1. The van der Waals surface area contributed by atoms with E-state index in [9.17, 15) is 4.79 Å². The number of amides is 1. The van der Waals surface area contributed by atoms with Crippen LogP contribution in [0.25, 0.3) is 0 Å². The highest BCUT2D eigenvalue weighted by atomic mass is 32.2. The van der Waals surface area contributed by atoms with Gasteiger partial charge >= 0.3 is 0 Å². The van der Waals surface area contributed by atoms with Crippen LogP contribution < -0.4 is 19.7 Å². The summed E-state index contributed by atoms with van der Waals surface area (Å²) < 4.78 is 11.3. The number of hydrogen-bond acceptors (Lipinski definition) is 5. The van der Waals surface area contributed by atoms with E-state index in [0.717, 1.165) is 23.7 Å². The Balaban J connectivity index is 1.64. The van der Waals surface area contributed by atoms with Crippen molar-refractivity contribution in [2.75, 3.05) is 30.5 Å². The molecule has 1 aliphatic rings. The number of nitrogens with zero attached hydrogens (tertiary/aromatic N) is 1. The monoisotopic (exact) mass is 358 g/mol. The van der Waals surface area contributed by atoms with Gasteiger partial charge in [0.05, 0.1) is 12.8 Å². The Morgan fingerprint density at radius 2 is 1.92 bits per heavy atom. The molecule has 3 rings (SSSR count). The standard InChI is InChI=1S/C19H22N2O3S/c1-4-21-17-11-16(23-3)9-10-18(17)25-19(21)12-24-15-7-5-14(6-8-15)20-13(2)22/h5-11,19H,4,12H2,1-3H3,(H,20,22). The van der Waals surface area contributed by atoms with Crippen LogP contribution in [0.4, 0.5) is 11.4 Å². The molecule has 25 heavy (non-hydrogen) atoms. The van der Waals surface area contributed by atoms with Crippen molar-refractivity contribution in [2.24, 2.45) is 0 Å². The summed E-state index contributed by atoms with van der Waals surface area (Å²) in [5.41, 5.74) is 1.96. The highest BCUT2D eigenvalue weighted by Gasteiger charge is 2.30. The van der Waals surface area contributed by atoms with Gasteiger partial charge in [0, 0.05) is 30.1 Å². The van der Waals surface area contributed by atoms with E-state index >= 15 is 0 Å². The minimum Gasteiger partial charge on any atom is -0.497 e. The number of anilines is 2. The molecule has 0 radical (unpaired) electrons. The number of methoxy groups -OCH3 is 1. The molecule has 0 aromatic heterocycles. The molecule has 5 nitrogen and oxygen atoms in total. The minimum absolute atomic E-state index is 0.0807. The predicted molar refractivity (Wildman–Crippen MR) is 102 cm³/mol. The number of fused-ring (bicyclic) bond motifs is 1. The number of benzene rings is 2. The second kappa shape index (κ2) is 7.70. The lowest BCUT2D eigenvalue weighted by Crippen LogP contribution is -2.33. The van der Waals surface area contributed by atoms with E-state index in [0.29, 0.717) is 6.61 Å². The van der Waals surface area contributed by atoms with Crippen LogP contribution in [0.2, 0.25) is 0 Å². The zero-order chi connectivity index (χ0) is 17.8. The van der Waals surface area contributed by atoms with Crippen LogP contribution in [0.5, 0.6) is 11.5 Å². The number of hydrogen-bond donors (Lipinski definition) is 1. The van der Waals surface area contributed by atoms with E-state index in [2.05, 4.69) is 29.3 Å².